The molecule has 4 rings (SSSR count). The molecule has 1 amide bonds. The van der Waals surface area contributed by atoms with E-state index in [-0.39, 0.29) is 5.91 Å². The minimum Gasteiger partial charge on any atom is -0.378 e. The van der Waals surface area contributed by atoms with Crippen molar-refractivity contribution in [2.45, 2.75) is 0 Å². The Bertz CT molecular complexity index is 859. The number of nitrogens with zero attached hydrogens (tertiary/aromatic N) is 2. The topological polar surface area (TPSA) is 66.5 Å². The molecule has 3 heterocycles. The van der Waals surface area contributed by atoms with Crippen molar-refractivity contribution >= 4 is 46.0 Å². The van der Waals surface area contributed by atoms with E-state index in [0.29, 0.717) is 24.0 Å². The Labute approximate surface area is 144 Å². The second-order valence-corrected chi connectivity index (χ2v) is 6.07. The number of carbonyl (C=O) groups is 1. The minimum absolute atomic E-state index is 0.221. The van der Waals surface area contributed by atoms with Gasteiger partial charge in [0.15, 0.2) is 5.11 Å². The van der Waals surface area contributed by atoms with Crippen LogP contribution in [-0.2, 0) is 9.53 Å². The molecule has 0 atom stereocenters. The molecule has 2 aliphatic heterocycles. The van der Waals surface area contributed by atoms with Crippen LogP contribution >= 0.6 is 12.2 Å². The van der Waals surface area contributed by atoms with E-state index in [2.05, 4.69) is 21.6 Å². The van der Waals surface area contributed by atoms with Crippen LogP contribution < -0.4 is 15.5 Å². The molecule has 0 radical (unpaired) electrons. The van der Waals surface area contributed by atoms with E-state index in [0.717, 1.165) is 35.4 Å². The van der Waals surface area contributed by atoms with Gasteiger partial charge in [0.25, 0.3) is 5.91 Å². The maximum absolute atomic E-state index is 12.0. The lowest BCUT2D eigenvalue weighted by Crippen LogP contribution is -2.37. The van der Waals surface area contributed by atoms with Crippen LogP contribution in [0.25, 0.3) is 17.0 Å². The van der Waals surface area contributed by atoms with Crippen LogP contribution in [0.4, 0.5) is 5.82 Å². The molecular formula is C17H16N4O2S. The Morgan fingerprint density at radius 1 is 1.21 bits per heavy atom. The first-order valence-electron chi connectivity index (χ1n) is 7.77. The fraction of sp³-hybridized carbons (Fsp3) is 0.235. The van der Waals surface area contributed by atoms with E-state index in [4.69, 9.17) is 21.9 Å². The number of nitrogens with one attached hydrogen (secondary N) is 2. The number of carbonyl (C=O) groups excluding carboxylic acids is 1. The van der Waals surface area contributed by atoms with Crippen molar-refractivity contribution in [3.63, 3.8) is 0 Å². The van der Waals surface area contributed by atoms with E-state index in [1.54, 1.807) is 6.08 Å². The molecule has 2 fully saturated rings. The molecule has 1 aromatic heterocycles. The first-order valence-corrected chi connectivity index (χ1v) is 8.18. The molecule has 2 aromatic rings. The van der Waals surface area contributed by atoms with Crippen LogP contribution in [0.15, 0.2) is 36.0 Å². The molecule has 0 spiro atoms. The third-order valence-electron chi connectivity index (χ3n) is 4.06. The summed E-state index contributed by atoms with van der Waals surface area (Å²) in [5, 5.41) is 6.83. The monoisotopic (exact) mass is 340 g/mol. The quantitative estimate of drug-likeness (QED) is 0.637. The lowest BCUT2D eigenvalue weighted by molar-refractivity contribution is -0.115. The molecular weight excluding hydrogens is 324 g/mol. The fourth-order valence-electron chi connectivity index (χ4n) is 2.89. The van der Waals surface area contributed by atoms with Crippen molar-refractivity contribution in [3.05, 3.63) is 41.6 Å². The zero-order chi connectivity index (χ0) is 16.5. The second kappa shape index (κ2) is 6.18. The summed E-state index contributed by atoms with van der Waals surface area (Å²) < 4.78 is 5.43. The second-order valence-electron chi connectivity index (χ2n) is 5.66. The van der Waals surface area contributed by atoms with Gasteiger partial charge >= 0.3 is 0 Å². The van der Waals surface area contributed by atoms with Crippen molar-refractivity contribution in [3.8, 4) is 0 Å². The van der Waals surface area contributed by atoms with Crippen LogP contribution in [-0.4, -0.2) is 42.3 Å². The number of morpholine rings is 1. The largest absolute Gasteiger partial charge is 0.378 e. The van der Waals surface area contributed by atoms with Gasteiger partial charge in [0.05, 0.1) is 18.7 Å². The number of ether oxygens (including phenoxy) is 1. The average molecular weight is 340 g/mol. The van der Waals surface area contributed by atoms with Gasteiger partial charge in [-0.1, -0.05) is 18.2 Å². The number of para-hydroxylation sites is 1. The van der Waals surface area contributed by atoms with Crippen molar-refractivity contribution < 1.29 is 9.53 Å². The molecule has 122 valence electrons. The molecule has 24 heavy (non-hydrogen) atoms. The smallest absolute Gasteiger partial charge is 0.273 e. The van der Waals surface area contributed by atoms with Crippen molar-refractivity contribution in [1.29, 1.82) is 0 Å². The number of fused-ring (bicyclic) bond motifs is 1. The highest BCUT2D eigenvalue weighted by Crippen LogP contribution is 2.26. The van der Waals surface area contributed by atoms with Crippen LogP contribution in [0.2, 0.25) is 0 Å². The van der Waals surface area contributed by atoms with E-state index < -0.39 is 0 Å². The van der Waals surface area contributed by atoms with Gasteiger partial charge in [0.1, 0.15) is 11.5 Å². The lowest BCUT2D eigenvalue weighted by Gasteiger charge is -2.29. The highest BCUT2D eigenvalue weighted by atomic mass is 32.1. The van der Waals surface area contributed by atoms with Crippen molar-refractivity contribution in [2.24, 2.45) is 0 Å². The van der Waals surface area contributed by atoms with Crippen molar-refractivity contribution in [2.75, 3.05) is 31.2 Å². The third-order valence-corrected chi connectivity index (χ3v) is 4.27. The number of thiocarbonyl (C=S) groups is 1. The standard InChI is InChI=1S/C17H16N4O2S/c22-16-14(19-17(24)20-16)10-12-9-11-3-1-2-4-13(11)18-15(12)21-5-7-23-8-6-21/h1-4,9-10H,5-8H2,(H2,19,20,22,24). The summed E-state index contributed by atoms with van der Waals surface area (Å²) in [7, 11) is 0. The number of anilines is 1. The Morgan fingerprint density at radius 2 is 2.00 bits per heavy atom. The first kappa shape index (κ1) is 15.0. The van der Waals surface area contributed by atoms with Crippen LogP contribution in [0.5, 0.6) is 0 Å². The van der Waals surface area contributed by atoms with Gasteiger partial charge in [0.2, 0.25) is 0 Å². The highest BCUT2D eigenvalue weighted by molar-refractivity contribution is 7.80. The van der Waals surface area contributed by atoms with Crippen molar-refractivity contribution in [1.82, 2.24) is 15.6 Å². The van der Waals surface area contributed by atoms with Gasteiger partial charge in [-0.25, -0.2) is 4.98 Å². The van der Waals surface area contributed by atoms with E-state index >= 15 is 0 Å². The summed E-state index contributed by atoms with van der Waals surface area (Å²) >= 11 is 5.00. The van der Waals surface area contributed by atoms with Gasteiger partial charge < -0.3 is 15.0 Å². The number of benzene rings is 1. The summed E-state index contributed by atoms with van der Waals surface area (Å²) in [5.41, 5.74) is 2.25. The predicted octanol–water partition coefficient (Wildman–Crippen LogP) is 1.42. The number of hydrogen-bond acceptors (Lipinski definition) is 5. The lowest BCUT2D eigenvalue weighted by atomic mass is 10.1. The number of rotatable bonds is 2. The third kappa shape index (κ3) is 2.83. The molecule has 0 bridgehead atoms. The van der Waals surface area contributed by atoms with Crippen LogP contribution in [0, 0.1) is 0 Å². The Morgan fingerprint density at radius 3 is 2.75 bits per heavy atom. The molecule has 1 aromatic carbocycles. The zero-order valence-corrected chi connectivity index (χ0v) is 13.7. The molecule has 7 heteroatoms. The molecule has 6 nitrogen and oxygen atoms in total. The summed E-state index contributed by atoms with van der Waals surface area (Å²) in [6.45, 7) is 2.90. The molecule has 0 saturated carbocycles. The van der Waals surface area contributed by atoms with Gasteiger partial charge in [-0.05, 0) is 30.4 Å². The molecule has 0 unspecified atom stereocenters. The normalized spacial score (nSPS) is 19.7. The SMILES string of the molecule is O=C1NC(=S)NC1=Cc1cc2ccccc2nc1N1CCOCC1. The first-order chi connectivity index (χ1) is 11.7. The van der Waals surface area contributed by atoms with E-state index in [1.165, 1.54) is 0 Å². The summed E-state index contributed by atoms with van der Waals surface area (Å²) in [6.07, 6.45) is 1.80. The summed E-state index contributed by atoms with van der Waals surface area (Å²) in [4.78, 5) is 19.0. The number of amides is 1. The molecule has 2 saturated heterocycles. The predicted molar refractivity (Wildman–Crippen MR) is 96.6 cm³/mol. The van der Waals surface area contributed by atoms with Gasteiger partial charge in [-0.15, -0.1) is 0 Å². The number of pyridine rings is 1. The number of hydrogen-bond donors (Lipinski definition) is 2. The zero-order valence-electron chi connectivity index (χ0n) is 12.9. The Balaban J connectivity index is 1.83. The maximum atomic E-state index is 12.0. The Hall–Kier alpha value is -2.51. The van der Waals surface area contributed by atoms with Gasteiger partial charge in [-0.2, -0.15) is 0 Å². The maximum Gasteiger partial charge on any atom is 0.273 e. The highest BCUT2D eigenvalue weighted by Gasteiger charge is 2.22. The van der Waals surface area contributed by atoms with Crippen LogP contribution in [0.3, 0.4) is 0 Å². The summed E-state index contributed by atoms with van der Waals surface area (Å²) in [6, 6.07) is 10.0. The average Bonchev–Trinajstić information content (AvgIpc) is 2.92. The Kier molecular flexibility index (Phi) is 3.87. The van der Waals surface area contributed by atoms with E-state index in [1.807, 2.05) is 24.3 Å². The van der Waals surface area contributed by atoms with Gasteiger partial charge in [0, 0.05) is 24.0 Å². The summed E-state index contributed by atoms with van der Waals surface area (Å²) in [5.74, 6) is 0.637. The fourth-order valence-corrected chi connectivity index (χ4v) is 3.10. The minimum atomic E-state index is -0.221. The van der Waals surface area contributed by atoms with Crippen LogP contribution in [0.1, 0.15) is 5.56 Å². The number of aromatic nitrogens is 1. The molecule has 0 aliphatic carbocycles. The van der Waals surface area contributed by atoms with Gasteiger partial charge in [-0.3, -0.25) is 10.1 Å². The molecule has 2 aliphatic rings. The molecule has 2 N–H and O–H groups in total. The van der Waals surface area contributed by atoms with E-state index in [9.17, 15) is 4.79 Å².